The van der Waals surface area contributed by atoms with Gasteiger partial charge in [-0.3, -0.25) is 12.2 Å². The summed E-state index contributed by atoms with van der Waals surface area (Å²) in [6.07, 6.45) is 25.1. The molecule has 2 aliphatic carbocycles. The SMILES string of the molecule is CCCCC1=[C-]CC=C1.CCCCC1=[C-]CC=C1.[H-].[H-].[Zr+4]. The summed E-state index contributed by atoms with van der Waals surface area (Å²) in [7, 11) is 0. The van der Waals surface area contributed by atoms with E-state index in [1.54, 1.807) is 0 Å². The minimum absolute atomic E-state index is 0. The Balaban J connectivity index is -0.000000270. The van der Waals surface area contributed by atoms with Gasteiger partial charge in [-0.2, -0.15) is 12.2 Å². The maximum atomic E-state index is 3.30. The van der Waals surface area contributed by atoms with Gasteiger partial charge in [0.25, 0.3) is 0 Å². The standard InChI is InChI=1S/2C9H13.Zr.2H/c2*1-2-3-6-9-7-4-5-8-9;;;/h2*4,7H,2-3,5-6H2,1H3;;;/q2*-1;+4;2*-1. The van der Waals surface area contributed by atoms with Crippen LogP contribution in [0.4, 0.5) is 0 Å². The third kappa shape index (κ3) is 9.39. The van der Waals surface area contributed by atoms with Crippen LogP contribution >= 0.6 is 0 Å². The van der Waals surface area contributed by atoms with E-state index in [-0.39, 0.29) is 29.1 Å². The zero-order chi connectivity index (χ0) is 13.1. The van der Waals surface area contributed by atoms with E-state index in [1.807, 2.05) is 0 Å². The van der Waals surface area contributed by atoms with E-state index in [4.69, 9.17) is 0 Å². The summed E-state index contributed by atoms with van der Waals surface area (Å²) < 4.78 is 0. The summed E-state index contributed by atoms with van der Waals surface area (Å²) in [6.45, 7) is 4.44. The average Bonchev–Trinajstić information content (AvgIpc) is 3.07. The molecule has 0 N–H and O–H groups in total. The molecule has 0 saturated carbocycles. The van der Waals surface area contributed by atoms with Crippen molar-refractivity contribution in [2.24, 2.45) is 0 Å². The van der Waals surface area contributed by atoms with E-state index < -0.39 is 0 Å². The average molecular weight is 336 g/mol. The van der Waals surface area contributed by atoms with Crippen LogP contribution in [0.5, 0.6) is 0 Å². The first-order valence-corrected chi connectivity index (χ1v) is 7.39. The van der Waals surface area contributed by atoms with Crippen LogP contribution in [-0.4, -0.2) is 0 Å². The number of allylic oxidation sites excluding steroid dienone is 8. The van der Waals surface area contributed by atoms with Crippen LogP contribution in [0, 0.1) is 12.2 Å². The van der Waals surface area contributed by atoms with Crippen molar-refractivity contribution in [1.29, 1.82) is 0 Å². The topological polar surface area (TPSA) is 0 Å². The Morgan fingerprint density at radius 1 is 0.895 bits per heavy atom. The molecule has 0 radical (unpaired) electrons. The molecule has 0 atom stereocenters. The summed E-state index contributed by atoms with van der Waals surface area (Å²) in [5.74, 6) is 0. The molecule has 0 aromatic heterocycles. The van der Waals surface area contributed by atoms with Crippen molar-refractivity contribution >= 4 is 0 Å². The smallest absolute Gasteiger partial charge is 1.00 e. The zero-order valence-electron chi connectivity index (χ0n) is 14.5. The van der Waals surface area contributed by atoms with Crippen molar-refractivity contribution in [2.45, 2.75) is 65.2 Å². The molecule has 0 aromatic carbocycles. The van der Waals surface area contributed by atoms with Crippen molar-refractivity contribution in [3.05, 3.63) is 47.6 Å². The van der Waals surface area contributed by atoms with Gasteiger partial charge in [-0.05, 0) is 0 Å². The molecule has 0 fully saturated rings. The molecule has 0 aliphatic heterocycles. The molecular formula is C18H28Zr. The van der Waals surface area contributed by atoms with Gasteiger partial charge in [0.2, 0.25) is 0 Å². The molecule has 0 spiro atoms. The van der Waals surface area contributed by atoms with Gasteiger partial charge in [-0.1, -0.05) is 52.4 Å². The van der Waals surface area contributed by atoms with Gasteiger partial charge in [0.15, 0.2) is 0 Å². The molecule has 0 amide bonds. The van der Waals surface area contributed by atoms with Gasteiger partial charge in [-0.25, -0.2) is 23.3 Å². The first kappa shape index (κ1) is 18.8. The van der Waals surface area contributed by atoms with Crippen molar-refractivity contribution in [3.8, 4) is 0 Å². The molecule has 1 heteroatoms. The van der Waals surface area contributed by atoms with E-state index in [1.165, 1.54) is 49.7 Å². The van der Waals surface area contributed by atoms with Crippen LogP contribution < -0.4 is 0 Å². The Hall–Kier alpha value is -0.157. The molecule has 0 heterocycles. The summed E-state index contributed by atoms with van der Waals surface area (Å²) in [5, 5.41) is 0. The fourth-order valence-electron chi connectivity index (χ4n) is 1.98. The molecule has 104 valence electrons. The second kappa shape index (κ2) is 12.9. The maximum Gasteiger partial charge on any atom is 4.00 e. The molecule has 0 bridgehead atoms. The molecule has 19 heavy (non-hydrogen) atoms. The van der Waals surface area contributed by atoms with E-state index >= 15 is 0 Å². The van der Waals surface area contributed by atoms with E-state index in [9.17, 15) is 0 Å². The van der Waals surface area contributed by atoms with E-state index in [2.05, 4.69) is 50.3 Å². The van der Waals surface area contributed by atoms with E-state index in [0.29, 0.717) is 0 Å². The van der Waals surface area contributed by atoms with Crippen LogP contribution in [-0.2, 0) is 26.2 Å². The predicted octanol–water partition coefficient (Wildman–Crippen LogP) is 5.95. The maximum absolute atomic E-state index is 3.30. The van der Waals surface area contributed by atoms with Gasteiger partial charge in [0, 0.05) is 0 Å². The second-order valence-electron chi connectivity index (χ2n) is 4.82. The fourth-order valence-corrected chi connectivity index (χ4v) is 1.98. The van der Waals surface area contributed by atoms with Gasteiger partial charge in [0.1, 0.15) is 0 Å². The number of hydrogen-bond acceptors (Lipinski definition) is 0. The third-order valence-electron chi connectivity index (χ3n) is 3.13. The Labute approximate surface area is 141 Å². The molecule has 0 saturated heterocycles. The molecule has 2 aliphatic rings. The minimum Gasteiger partial charge on any atom is -1.00 e. The minimum atomic E-state index is 0. The molecular weight excluding hydrogens is 307 g/mol. The molecule has 0 unspecified atom stereocenters. The zero-order valence-corrected chi connectivity index (χ0v) is 14.9. The first-order chi connectivity index (χ1) is 8.86. The van der Waals surface area contributed by atoms with Gasteiger partial charge >= 0.3 is 26.2 Å². The largest absolute Gasteiger partial charge is 4.00 e. The van der Waals surface area contributed by atoms with Crippen molar-refractivity contribution in [3.63, 3.8) is 0 Å². The van der Waals surface area contributed by atoms with Crippen LogP contribution in [0.2, 0.25) is 0 Å². The predicted molar refractivity (Wildman–Crippen MR) is 82.3 cm³/mol. The first-order valence-electron chi connectivity index (χ1n) is 7.39. The summed E-state index contributed by atoms with van der Waals surface area (Å²) in [6, 6.07) is 0. The van der Waals surface area contributed by atoms with E-state index in [0.717, 1.165) is 12.8 Å². The summed E-state index contributed by atoms with van der Waals surface area (Å²) in [4.78, 5) is 0. The monoisotopic (exact) mass is 334 g/mol. The van der Waals surface area contributed by atoms with Crippen molar-refractivity contribution < 1.29 is 29.1 Å². The quantitative estimate of drug-likeness (QED) is 0.526. The Morgan fingerprint density at radius 2 is 1.32 bits per heavy atom. The molecule has 0 nitrogen and oxygen atoms in total. The third-order valence-corrected chi connectivity index (χ3v) is 3.13. The Morgan fingerprint density at radius 3 is 1.58 bits per heavy atom. The Bertz CT molecular complexity index is 307. The van der Waals surface area contributed by atoms with Gasteiger partial charge in [0.05, 0.1) is 0 Å². The van der Waals surface area contributed by atoms with Gasteiger partial charge < -0.3 is 2.85 Å². The van der Waals surface area contributed by atoms with Gasteiger partial charge in [-0.15, -0.1) is 12.8 Å². The number of unbranched alkanes of at least 4 members (excludes halogenated alkanes) is 2. The van der Waals surface area contributed by atoms with Crippen LogP contribution in [0.25, 0.3) is 0 Å². The van der Waals surface area contributed by atoms with Crippen LogP contribution in [0.1, 0.15) is 68.1 Å². The van der Waals surface area contributed by atoms with Crippen molar-refractivity contribution in [2.75, 3.05) is 0 Å². The normalized spacial score (nSPS) is 15.5. The molecule has 0 aromatic rings. The van der Waals surface area contributed by atoms with Crippen LogP contribution in [0.3, 0.4) is 0 Å². The second-order valence-corrected chi connectivity index (χ2v) is 4.82. The summed E-state index contributed by atoms with van der Waals surface area (Å²) in [5.41, 5.74) is 2.83. The summed E-state index contributed by atoms with van der Waals surface area (Å²) >= 11 is 0. The fraction of sp³-hybridized carbons (Fsp3) is 0.556. The van der Waals surface area contributed by atoms with Crippen LogP contribution in [0.15, 0.2) is 35.5 Å². The molecule has 2 rings (SSSR count). The number of rotatable bonds is 6. The Kier molecular flexibility index (Phi) is 12.7. The van der Waals surface area contributed by atoms with Crippen molar-refractivity contribution in [1.82, 2.24) is 0 Å². The number of hydrogen-bond donors (Lipinski definition) is 0.